The maximum atomic E-state index is 12.7. The summed E-state index contributed by atoms with van der Waals surface area (Å²) in [7, 11) is -3.85. The van der Waals surface area contributed by atoms with Crippen LogP contribution in [0.4, 0.5) is 0 Å². The lowest BCUT2D eigenvalue weighted by molar-refractivity contribution is -0.133. The minimum atomic E-state index is -3.85. The van der Waals surface area contributed by atoms with E-state index in [0.29, 0.717) is 11.4 Å². The van der Waals surface area contributed by atoms with E-state index >= 15 is 0 Å². The minimum absolute atomic E-state index is 0.0557. The number of hydrogen-bond donors (Lipinski definition) is 2. The van der Waals surface area contributed by atoms with Crippen LogP contribution in [0.5, 0.6) is 0 Å². The number of rotatable bonds is 3. The highest BCUT2D eigenvalue weighted by Gasteiger charge is 2.41. The second-order valence-corrected chi connectivity index (χ2v) is 7.69. The number of hydrogen-bond acceptors (Lipinski definition) is 7. The highest BCUT2D eigenvalue weighted by Crippen LogP contribution is 2.29. The van der Waals surface area contributed by atoms with Crippen LogP contribution in [0.3, 0.4) is 0 Å². The maximum absolute atomic E-state index is 12.7. The first-order valence-electron chi connectivity index (χ1n) is 6.32. The van der Waals surface area contributed by atoms with Gasteiger partial charge in [-0.05, 0) is 11.4 Å². The predicted octanol–water partition coefficient (Wildman–Crippen LogP) is 0.159. The first-order valence-corrected chi connectivity index (χ1v) is 8.64. The Kier molecular flexibility index (Phi) is 3.91. The van der Waals surface area contributed by atoms with Gasteiger partial charge in [0.15, 0.2) is 0 Å². The Hall–Kier alpha value is -1.88. The lowest BCUT2D eigenvalue weighted by atomic mass is 10.0. The van der Waals surface area contributed by atoms with Crippen molar-refractivity contribution in [3.05, 3.63) is 41.3 Å². The number of amides is 1. The molecule has 0 saturated carbocycles. The summed E-state index contributed by atoms with van der Waals surface area (Å²) in [4.78, 5) is 20.1. The quantitative estimate of drug-likeness (QED) is 0.608. The average molecular weight is 340 g/mol. The molecule has 3 rings (SSSR count). The molecule has 1 amide bonds. The van der Waals surface area contributed by atoms with Gasteiger partial charge >= 0.3 is 0 Å². The van der Waals surface area contributed by atoms with E-state index in [4.69, 9.17) is 5.21 Å². The van der Waals surface area contributed by atoms with E-state index in [1.165, 1.54) is 23.9 Å². The van der Waals surface area contributed by atoms with Crippen LogP contribution >= 0.6 is 11.3 Å². The van der Waals surface area contributed by atoms with E-state index in [0.717, 1.165) is 15.6 Å². The molecule has 0 aromatic carbocycles. The Bertz CT molecular complexity index is 791. The smallest absolute Gasteiger partial charge is 0.262 e. The zero-order valence-electron chi connectivity index (χ0n) is 11.2. The number of carbonyl (C=O) groups is 1. The molecule has 2 N–H and O–H groups in total. The van der Waals surface area contributed by atoms with Crippen LogP contribution in [-0.4, -0.2) is 39.8 Å². The van der Waals surface area contributed by atoms with Crippen LogP contribution in [0.2, 0.25) is 0 Å². The van der Waals surface area contributed by atoms with Crippen molar-refractivity contribution in [2.75, 3.05) is 0 Å². The van der Waals surface area contributed by atoms with Crippen molar-refractivity contribution in [2.45, 2.75) is 23.2 Å². The molecule has 1 aliphatic rings. The number of carbonyl (C=O) groups excluding carboxylic acids is 1. The molecule has 1 atom stereocenters. The van der Waals surface area contributed by atoms with Crippen LogP contribution < -0.4 is 5.48 Å². The largest absolute Gasteiger partial charge is 0.289 e. The summed E-state index contributed by atoms with van der Waals surface area (Å²) in [6, 6.07) is 2.03. The van der Waals surface area contributed by atoms with E-state index in [-0.39, 0.29) is 17.2 Å². The van der Waals surface area contributed by atoms with Crippen molar-refractivity contribution in [3.8, 4) is 0 Å². The zero-order valence-corrected chi connectivity index (χ0v) is 12.8. The standard InChI is InChI=1S/C12H12N4O4S2/c17-12(15-18)10-6-8-9(14-4-3-13-8)7-16(10)22(19,20)11-2-1-5-21-11/h1-5,10,18H,6-7H2,(H,15,17)/t10-/m1/s1. The van der Waals surface area contributed by atoms with Gasteiger partial charge < -0.3 is 0 Å². The molecule has 10 heteroatoms. The fraction of sp³-hybridized carbons (Fsp3) is 0.250. The van der Waals surface area contributed by atoms with Crippen LogP contribution in [0.1, 0.15) is 11.4 Å². The van der Waals surface area contributed by atoms with Gasteiger partial charge in [-0.2, -0.15) is 4.31 Å². The summed E-state index contributed by atoms with van der Waals surface area (Å²) in [5.74, 6) is -0.795. The van der Waals surface area contributed by atoms with Gasteiger partial charge in [-0.3, -0.25) is 20.0 Å². The molecule has 2 aromatic heterocycles. The fourth-order valence-corrected chi connectivity index (χ4v) is 4.99. The van der Waals surface area contributed by atoms with E-state index in [9.17, 15) is 13.2 Å². The van der Waals surface area contributed by atoms with Crippen molar-refractivity contribution < 1.29 is 18.4 Å². The number of aromatic nitrogens is 2. The van der Waals surface area contributed by atoms with E-state index in [1.54, 1.807) is 11.4 Å². The van der Waals surface area contributed by atoms with Gasteiger partial charge in [0.25, 0.3) is 15.9 Å². The van der Waals surface area contributed by atoms with Crippen LogP contribution in [0, 0.1) is 0 Å². The van der Waals surface area contributed by atoms with Crippen LogP contribution in [0.15, 0.2) is 34.1 Å². The normalized spacial score (nSPS) is 18.7. The van der Waals surface area contributed by atoms with Gasteiger partial charge in [-0.25, -0.2) is 13.9 Å². The SMILES string of the molecule is O=C(NO)[C@H]1Cc2nccnc2CN1S(=O)(=O)c1cccs1. The molecular weight excluding hydrogens is 328 g/mol. The Morgan fingerprint density at radius 3 is 2.73 bits per heavy atom. The molecule has 1 aliphatic heterocycles. The molecule has 8 nitrogen and oxygen atoms in total. The molecule has 0 aliphatic carbocycles. The van der Waals surface area contributed by atoms with Gasteiger partial charge in [0, 0.05) is 18.8 Å². The summed E-state index contributed by atoms with van der Waals surface area (Å²) in [6.07, 6.45) is 3.01. The minimum Gasteiger partial charge on any atom is -0.289 e. The summed E-state index contributed by atoms with van der Waals surface area (Å²) in [5.41, 5.74) is 2.58. The fourth-order valence-electron chi connectivity index (χ4n) is 2.32. The average Bonchev–Trinajstić information content (AvgIpc) is 3.08. The molecular formula is C12H12N4O4S2. The van der Waals surface area contributed by atoms with Crippen molar-refractivity contribution in [3.63, 3.8) is 0 Å². The molecule has 0 radical (unpaired) electrons. The topological polar surface area (TPSA) is 112 Å². The number of thiophene rings is 1. The lowest BCUT2D eigenvalue weighted by Gasteiger charge is -2.32. The Morgan fingerprint density at radius 1 is 1.36 bits per heavy atom. The number of nitrogens with one attached hydrogen (secondary N) is 1. The third-order valence-electron chi connectivity index (χ3n) is 3.37. The van der Waals surface area contributed by atoms with Crippen LogP contribution in [-0.2, 0) is 27.8 Å². The summed E-state index contributed by atoms with van der Waals surface area (Å²) in [5, 5.41) is 10.5. The molecule has 0 bridgehead atoms. The molecule has 0 fully saturated rings. The lowest BCUT2D eigenvalue weighted by Crippen LogP contribution is -2.52. The van der Waals surface area contributed by atoms with Crippen molar-refractivity contribution in [2.24, 2.45) is 0 Å². The number of fused-ring (bicyclic) bond motifs is 1. The third kappa shape index (κ3) is 2.50. The first-order chi connectivity index (χ1) is 10.5. The number of hydroxylamine groups is 1. The molecule has 22 heavy (non-hydrogen) atoms. The highest BCUT2D eigenvalue weighted by atomic mass is 32.2. The Morgan fingerprint density at radius 2 is 2.09 bits per heavy atom. The van der Waals surface area contributed by atoms with Gasteiger partial charge in [0.1, 0.15) is 10.3 Å². The second-order valence-electron chi connectivity index (χ2n) is 4.63. The highest BCUT2D eigenvalue weighted by molar-refractivity contribution is 7.91. The molecule has 0 saturated heterocycles. The molecule has 116 valence electrons. The predicted molar refractivity (Wildman–Crippen MR) is 76.5 cm³/mol. The van der Waals surface area contributed by atoms with Crippen molar-refractivity contribution in [1.29, 1.82) is 0 Å². The first kappa shape index (κ1) is 15.0. The van der Waals surface area contributed by atoms with E-state index < -0.39 is 22.0 Å². The number of nitrogens with zero attached hydrogens (tertiary/aromatic N) is 3. The van der Waals surface area contributed by atoms with Gasteiger partial charge in [-0.1, -0.05) is 6.07 Å². The molecule has 3 heterocycles. The van der Waals surface area contributed by atoms with Crippen molar-refractivity contribution >= 4 is 27.3 Å². The van der Waals surface area contributed by atoms with Crippen LogP contribution in [0.25, 0.3) is 0 Å². The molecule has 0 unspecified atom stereocenters. The summed E-state index contributed by atoms with van der Waals surface area (Å²) < 4.78 is 26.6. The maximum Gasteiger partial charge on any atom is 0.262 e. The monoisotopic (exact) mass is 340 g/mol. The van der Waals surface area contributed by atoms with Gasteiger partial charge in [0.05, 0.1) is 17.9 Å². The summed E-state index contributed by atoms with van der Waals surface area (Å²) in [6.45, 7) is -0.0680. The summed E-state index contributed by atoms with van der Waals surface area (Å²) >= 11 is 1.07. The van der Waals surface area contributed by atoms with Crippen molar-refractivity contribution in [1.82, 2.24) is 19.8 Å². The zero-order chi connectivity index (χ0) is 15.7. The number of sulfonamides is 1. The second kappa shape index (κ2) is 5.72. The van der Waals surface area contributed by atoms with E-state index in [2.05, 4.69) is 9.97 Å². The Labute approximate surface area is 130 Å². The van der Waals surface area contributed by atoms with Gasteiger partial charge in [-0.15, -0.1) is 11.3 Å². The molecule has 2 aromatic rings. The third-order valence-corrected chi connectivity index (χ3v) is 6.60. The Balaban J connectivity index is 2.06. The van der Waals surface area contributed by atoms with E-state index in [1.807, 2.05) is 0 Å². The molecule has 0 spiro atoms. The van der Waals surface area contributed by atoms with Gasteiger partial charge in [0.2, 0.25) is 0 Å².